The second-order valence-corrected chi connectivity index (χ2v) is 7.83. The Labute approximate surface area is 151 Å². The van der Waals surface area contributed by atoms with Gasteiger partial charge >= 0.3 is 0 Å². The van der Waals surface area contributed by atoms with Crippen LogP contribution in [0.3, 0.4) is 0 Å². The highest BCUT2D eigenvalue weighted by Crippen LogP contribution is 2.38. The number of halogens is 1. The Kier molecular flexibility index (Phi) is 5.83. The molecule has 2 heterocycles. The van der Waals surface area contributed by atoms with E-state index in [-0.39, 0.29) is 11.4 Å². The third kappa shape index (κ3) is 3.94. The van der Waals surface area contributed by atoms with Crippen molar-refractivity contribution in [2.24, 2.45) is 0 Å². The molecule has 4 heteroatoms. The second-order valence-electron chi connectivity index (χ2n) is 7.39. The highest BCUT2D eigenvalue weighted by Gasteiger charge is 2.46. The fourth-order valence-corrected chi connectivity index (χ4v) is 4.44. The topological polar surface area (TPSA) is 23.6 Å². The van der Waals surface area contributed by atoms with E-state index in [0.29, 0.717) is 6.42 Å². The Hall–Kier alpha value is -1.06. The minimum absolute atomic E-state index is 0.259. The zero-order valence-electron chi connectivity index (χ0n) is 14.8. The lowest BCUT2D eigenvalue weighted by molar-refractivity contribution is -0.129. The van der Waals surface area contributed by atoms with Gasteiger partial charge in [-0.3, -0.25) is 9.69 Å². The van der Waals surface area contributed by atoms with E-state index in [1.807, 2.05) is 24.3 Å². The molecule has 0 radical (unpaired) electrons. The van der Waals surface area contributed by atoms with Gasteiger partial charge in [-0.2, -0.15) is 0 Å². The summed E-state index contributed by atoms with van der Waals surface area (Å²) in [5.41, 5.74) is 1.32. The van der Waals surface area contributed by atoms with Crippen molar-refractivity contribution in [1.29, 1.82) is 0 Å². The molecule has 1 unspecified atom stereocenters. The molecule has 0 bridgehead atoms. The van der Waals surface area contributed by atoms with Gasteiger partial charge in [-0.15, -0.1) is 0 Å². The Morgan fingerprint density at radius 2 is 1.96 bits per heavy atom. The first kappa shape index (κ1) is 17.8. The van der Waals surface area contributed by atoms with Crippen LogP contribution in [0.4, 0.5) is 0 Å². The predicted molar refractivity (Wildman–Crippen MR) is 99.4 cm³/mol. The fraction of sp³-hybridized carbons (Fsp3) is 0.650. The first-order valence-electron chi connectivity index (χ1n) is 9.40. The number of carbonyl (C=O) groups is 1. The van der Waals surface area contributed by atoms with Gasteiger partial charge in [-0.1, -0.05) is 43.5 Å². The molecule has 3 rings (SSSR count). The molecule has 0 N–H and O–H groups in total. The van der Waals surface area contributed by atoms with Crippen LogP contribution in [0.15, 0.2) is 24.3 Å². The first-order valence-corrected chi connectivity index (χ1v) is 9.78. The summed E-state index contributed by atoms with van der Waals surface area (Å²) in [5, 5.41) is 0.722. The summed E-state index contributed by atoms with van der Waals surface area (Å²) < 4.78 is 0. The number of hydrogen-bond donors (Lipinski definition) is 0. The Bertz CT molecular complexity index is 559. The highest BCUT2D eigenvalue weighted by molar-refractivity contribution is 6.30. The number of carbonyl (C=O) groups excluding carboxylic acids is 1. The Morgan fingerprint density at radius 3 is 2.71 bits per heavy atom. The van der Waals surface area contributed by atoms with Gasteiger partial charge in [0.25, 0.3) is 0 Å². The standard InChI is InChI=1S/C20H29ClN2O/c1-2-3-4-12-23-13-5-10-20(23)11-14-22(16-20)19(24)15-17-6-8-18(21)9-7-17/h6-9H,2-5,10-16H2,1H3. The molecule has 0 aromatic heterocycles. The highest BCUT2D eigenvalue weighted by atomic mass is 35.5. The van der Waals surface area contributed by atoms with E-state index in [0.717, 1.165) is 30.1 Å². The van der Waals surface area contributed by atoms with E-state index in [4.69, 9.17) is 11.6 Å². The minimum Gasteiger partial charge on any atom is -0.340 e. The maximum atomic E-state index is 12.7. The zero-order chi connectivity index (χ0) is 17.0. The molecular weight excluding hydrogens is 320 g/mol. The molecule has 0 aliphatic carbocycles. The smallest absolute Gasteiger partial charge is 0.227 e. The van der Waals surface area contributed by atoms with Crippen LogP contribution in [-0.4, -0.2) is 47.4 Å². The Morgan fingerprint density at radius 1 is 1.17 bits per heavy atom. The summed E-state index contributed by atoms with van der Waals surface area (Å²) in [6.07, 6.45) is 8.04. The number of rotatable bonds is 6. The van der Waals surface area contributed by atoms with Gasteiger partial charge in [0.2, 0.25) is 5.91 Å². The van der Waals surface area contributed by atoms with Gasteiger partial charge in [0.1, 0.15) is 0 Å². The summed E-state index contributed by atoms with van der Waals surface area (Å²) in [6, 6.07) is 7.64. The largest absolute Gasteiger partial charge is 0.340 e. The third-order valence-corrected chi connectivity index (χ3v) is 5.98. The second kappa shape index (κ2) is 7.88. The SMILES string of the molecule is CCCCCN1CCCC12CCN(C(=O)Cc1ccc(Cl)cc1)C2. The zero-order valence-corrected chi connectivity index (χ0v) is 15.5. The maximum Gasteiger partial charge on any atom is 0.227 e. The van der Waals surface area contributed by atoms with Gasteiger partial charge in [-0.25, -0.2) is 0 Å². The molecular formula is C20H29ClN2O. The number of nitrogens with zero attached hydrogens (tertiary/aromatic N) is 2. The van der Waals surface area contributed by atoms with Crippen LogP contribution in [0.1, 0.15) is 51.0 Å². The number of likely N-dealkylation sites (tertiary alicyclic amines) is 2. The van der Waals surface area contributed by atoms with Gasteiger partial charge in [0.05, 0.1) is 6.42 Å². The van der Waals surface area contributed by atoms with Crippen molar-refractivity contribution in [3.8, 4) is 0 Å². The third-order valence-electron chi connectivity index (χ3n) is 5.73. The van der Waals surface area contributed by atoms with Crippen LogP contribution in [0.25, 0.3) is 0 Å². The van der Waals surface area contributed by atoms with E-state index in [1.165, 1.54) is 45.2 Å². The summed E-state index contributed by atoms with van der Waals surface area (Å²) in [4.78, 5) is 17.4. The van der Waals surface area contributed by atoms with Crippen molar-refractivity contribution in [3.05, 3.63) is 34.9 Å². The van der Waals surface area contributed by atoms with Gasteiger partial charge in [0, 0.05) is 23.7 Å². The van der Waals surface area contributed by atoms with Crippen molar-refractivity contribution in [1.82, 2.24) is 9.80 Å². The van der Waals surface area contributed by atoms with Crippen molar-refractivity contribution in [2.45, 2.75) is 57.4 Å². The van der Waals surface area contributed by atoms with E-state index >= 15 is 0 Å². The average molecular weight is 349 g/mol. The summed E-state index contributed by atoms with van der Waals surface area (Å²) >= 11 is 5.92. The fourth-order valence-electron chi connectivity index (χ4n) is 4.32. The van der Waals surface area contributed by atoms with Crippen LogP contribution in [0.2, 0.25) is 5.02 Å². The lowest BCUT2D eigenvalue weighted by atomic mass is 9.95. The lowest BCUT2D eigenvalue weighted by Crippen LogP contribution is -2.47. The van der Waals surface area contributed by atoms with Crippen LogP contribution >= 0.6 is 11.6 Å². The van der Waals surface area contributed by atoms with E-state index in [9.17, 15) is 4.79 Å². The van der Waals surface area contributed by atoms with Crippen molar-refractivity contribution in [2.75, 3.05) is 26.2 Å². The summed E-state index contributed by atoms with van der Waals surface area (Å²) in [7, 11) is 0. The maximum absolute atomic E-state index is 12.7. The Balaban J connectivity index is 1.57. The summed E-state index contributed by atoms with van der Waals surface area (Å²) in [6.45, 7) is 6.50. The number of unbranched alkanes of at least 4 members (excludes halogenated alkanes) is 2. The molecule has 1 atom stereocenters. The van der Waals surface area contributed by atoms with Crippen molar-refractivity contribution in [3.63, 3.8) is 0 Å². The number of benzene rings is 1. The molecule has 2 aliphatic heterocycles. The van der Waals surface area contributed by atoms with Crippen molar-refractivity contribution >= 4 is 17.5 Å². The molecule has 2 fully saturated rings. The molecule has 2 saturated heterocycles. The lowest BCUT2D eigenvalue weighted by Gasteiger charge is -2.35. The predicted octanol–water partition coefficient (Wildman–Crippen LogP) is 4.14. The van der Waals surface area contributed by atoms with Crippen molar-refractivity contribution < 1.29 is 4.79 Å². The normalized spacial score (nSPS) is 24.2. The monoisotopic (exact) mass is 348 g/mol. The molecule has 24 heavy (non-hydrogen) atoms. The van der Waals surface area contributed by atoms with E-state index in [2.05, 4.69) is 16.7 Å². The average Bonchev–Trinajstić information content (AvgIpc) is 3.18. The number of hydrogen-bond acceptors (Lipinski definition) is 2. The number of amides is 1. The minimum atomic E-state index is 0.259. The van der Waals surface area contributed by atoms with Gasteiger partial charge in [0.15, 0.2) is 0 Å². The van der Waals surface area contributed by atoms with Crippen LogP contribution in [-0.2, 0) is 11.2 Å². The molecule has 132 valence electrons. The molecule has 1 aromatic rings. The van der Waals surface area contributed by atoms with Crippen LogP contribution in [0.5, 0.6) is 0 Å². The molecule has 1 spiro atoms. The quantitative estimate of drug-likeness (QED) is 0.721. The first-order chi connectivity index (χ1) is 11.6. The molecule has 1 aromatic carbocycles. The van der Waals surface area contributed by atoms with Gasteiger partial charge < -0.3 is 4.90 Å². The van der Waals surface area contributed by atoms with E-state index < -0.39 is 0 Å². The van der Waals surface area contributed by atoms with E-state index in [1.54, 1.807) is 0 Å². The van der Waals surface area contributed by atoms with Crippen LogP contribution < -0.4 is 0 Å². The molecule has 3 nitrogen and oxygen atoms in total. The summed E-state index contributed by atoms with van der Waals surface area (Å²) in [5.74, 6) is 0.259. The molecule has 0 saturated carbocycles. The molecule has 2 aliphatic rings. The van der Waals surface area contributed by atoms with Gasteiger partial charge in [-0.05, 0) is 56.5 Å². The molecule has 1 amide bonds. The van der Waals surface area contributed by atoms with Crippen LogP contribution in [0, 0.1) is 0 Å².